The van der Waals surface area contributed by atoms with Gasteiger partial charge in [0.2, 0.25) is 11.8 Å². The molecule has 0 spiro atoms. The molecule has 2 heterocycles. The van der Waals surface area contributed by atoms with Crippen LogP contribution >= 0.6 is 11.8 Å². The Morgan fingerprint density at radius 1 is 1.40 bits per heavy atom. The second kappa shape index (κ2) is 8.37. The molecule has 0 aliphatic carbocycles. The summed E-state index contributed by atoms with van der Waals surface area (Å²) in [5.41, 5.74) is 1.15. The number of carbonyl (C=O) groups is 3. The van der Waals surface area contributed by atoms with Crippen LogP contribution in [0.25, 0.3) is 0 Å². The van der Waals surface area contributed by atoms with E-state index in [0.717, 1.165) is 0 Å². The first-order valence-corrected chi connectivity index (χ1v) is 9.64. The van der Waals surface area contributed by atoms with Gasteiger partial charge in [0, 0.05) is 32.4 Å². The molecule has 9 heteroatoms. The third kappa shape index (κ3) is 4.53. The number of likely N-dealkylation sites (N-methyl/N-ethyl adjacent to an activating group) is 1. The third-order valence-corrected chi connectivity index (χ3v) is 4.67. The molecule has 2 atom stereocenters. The highest BCUT2D eigenvalue weighted by Gasteiger charge is 2.39. The Balaban J connectivity index is 2.09. The maximum Gasteiger partial charge on any atom is 0.255 e. The minimum absolute atomic E-state index is 0.0851. The molecule has 2 rings (SSSR count). The standard InChI is InChI=1S/C16H25N5O3S/c1-5-17-16(24)13-6-11(7-21(13)14(22)9-25-4)18-15(23)12-8-20(3)19-10(12)2/h8,11,13H,5-7,9H2,1-4H3,(H,17,24)(H,18,23)/t11-,13+/m1/s1. The summed E-state index contributed by atoms with van der Waals surface area (Å²) in [5.74, 6) is -0.174. The molecular formula is C16H25N5O3S. The summed E-state index contributed by atoms with van der Waals surface area (Å²) < 4.78 is 1.59. The van der Waals surface area contributed by atoms with E-state index in [-0.39, 0.29) is 23.8 Å². The van der Waals surface area contributed by atoms with Gasteiger partial charge in [-0.2, -0.15) is 16.9 Å². The number of hydrogen-bond acceptors (Lipinski definition) is 5. The fourth-order valence-electron chi connectivity index (χ4n) is 3.05. The molecule has 1 fully saturated rings. The van der Waals surface area contributed by atoms with Gasteiger partial charge >= 0.3 is 0 Å². The highest BCUT2D eigenvalue weighted by atomic mass is 32.2. The van der Waals surface area contributed by atoms with Crippen LogP contribution in [0, 0.1) is 6.92 Å². The van der Waals surface area contributed by atoms with Gasteiger partial charge in [0.15, 0.2) is 0 Å². The molecule has 1 aliphatic heterocycles. The molecule has 1 aromatic heterocycles. The Bertz CT molecular complexity index is 634. The van der Waals surface area contributed by atoms with Gasteiger partial charge in [-0.15, -0.1) is 0 Å². The molecule has 0 saturated carbocycles. The quantitative estimate of drug-likeness (QED) is 0.734. The summed E-state index contributed by atoms with van der Waals surface area (Å²) in [4.78, 5) is 38.6. The van der Waals surface area contributed by atoms with Gasteiger partial charge in [-0.05, 0) is 26.5 Å². The molecule has 3 amide bonds. The van der Waals surface area contributed by atoms with Crippen molar-refractivity contribution < 1.29 is 14.4 Å². The van der Waals surface area contributed by atoms with Crippen LogP contribution in [0.2, 0.25) is 0 Å². The molecule has 138 valence electrons. The maximum atomic E-state index is 12.5. The normalized spacial score (nSPS) is 19.8. The van der Waals surface area contributed by atoms with Crippen molar-refractivity contribution in [3.8, 4) is 0 Å². The zero-order valence-electron chi connectivity index (χ0n) is 15.0. The van der Waals surface area contributed by atoms with Crippen LogP contribution in [0.1, 0.15) is 29.4 Å². The van der Waals surface area contributed by atoms with E-state index < -0.39 is 6.04 Å². The Labute approximate surface area is 151 Å². The first-order valence-electron chi connectivity index (χ1n) is 8.24. The molecule has 8 nitrogen and oxygen atoms in total. The first-order chi connectivity index (χ1) is 11.9. The lowest BCUT2D eigenvalue weighted by Gasteiger charge is -2.23. The second-order valence-corrected chi connectivity index (χ2v) is 6.96. The minimum Gasteiger partial charge on any atom is -0.355 e. The highest BCUT2D eigenvalue weighted by molar-refractivity contribution is 7.99. The molecule has 0 bridgehead atoms. The van der Waals surface area contributed by atoms with E-state index in [4.69, 9.17) is 0 Å². The summed E-state index contributed by atoms with van der Waals surface area (Å²) in [6.07, 6.45) is 3.92. The average Bonchev–Trinajstić information content (AvgIpc) is 3.11. The Hall–Kier alpha value is -2.03. The number of rotatable bonds is 6. The highest BCUT2D eigenvalue weighted by Crippen LogP contribution is 2.20. The van der Waals surface area contributed by atoms with Crippen molar-refractivity contribution >= 4 is 29.5 Å². The van der Waals surface area contributed by atoms with Crippen molar-refractivity contribution in [1.82, 2.24) is 25.3 Å². The van der Waals surface area contributed by atoms with Crippen molar-refractivity contribution in [3.63, 3.8) is 0 Å². The van der Waals surface area contributed by atoms with Crippen molar-refractivity contribution in [2.45, 2.75) is 32.4 Å². The molecule has 1 aliphatic rings. The van der Waals surface area contributed by atoms with Crippen LogP contribution < -0.4 is 10.6 Å². The number of aryl methyl sites for hydroxylation is 2. The summed E-state index contributed by atoms with van der Waals surface area (Å²) in [6, 6.07) is -0.801. The number of hydrogen-bond donors (Lipinski definition) is 2. The fourth-order valence-corrected chi connectivity index (χ4v) is 3.46. The number of amides is 3. The zero-order chi connectivity index (χ0) is 18.6. The van der Waals surface area contributed by atoms with Crippen LogP contribution in [0.3, 0.4) is 0 Å². The SMILES string of the molecule is CCNC(=O)[C@@H]1C[C@@H](NC(=O)c2cn(C)nc2C)CN1C(=O)CSC. The largest absolute Gasteiger partial charge is 0.355 e. The predicted octanol–water partition coefficient (Wildman–Crippen LogP) is -0.0731. The van der Waals surface area contributed by atoms with Gasteiger partial charge in [-0.1, -0.05) is 0 Å². The average molecular weight is 367 g/mol. The number of aromatic nitrogens is 2. The molecule has 25 heavy (non-hydrogen) atoms. The minimum atomic E-state index is -0.542. The summed E-state index contributed by atoms with van der Waals surface area (Å²) >= 11 is 1.42. The lowest BCUT2D eigenvalue weighted by atomic mass is 10.1. The summed E-state index contributed by atoms with van der Waals surface area (Å²) in [5, 5.41) is 9.86. The lowest BCUT2D eigenvalue weighted by molar-refractivity contribution is -0.136. The first kappa shape index (κ1) is 19.3. The van der Waals surface area contributed by atoms with Gasteiger partial charge in [-0.25, -0.2) is 0 Å². The van der Waals surface area contributed by atoms with E-state index in [2.05, 4.69) is 15.7 Å². The monoisotopic (exact) mass is 367 g/mol. The zero-order valence-corrected chi connectivity index (χ0v) is 15.9. The predicted molar refractivity (Wildman–Crippen MR) is 96.4 cm³/mol. The van der Waals surface area contributed by atoms with Gasteiger partial charge in [0.25, 0.3) is 5.91 Å². The van der Waals surface area contributed by atoms with Gasteiger partial charge in [0.05, 0.1) is 17.0 Å². The lowest BCUT2D eigenvalue weighted by Crippen LogP contribution is -2.46. The van der Waals surface area contributed by atoms with E-state index in [0.29, 0.717) is 36.5 Å². The van der Waals surface area contributed by atoms with E-state index in [1.807, 2.05) is 13.2 Å². The van der Waals surface area contributed by atoms with Crippen LogP contribution in [-0.4, -0.2) is 69.6 Å². The van der Waals surface area contributed by atoms with Crippen molar-refractivity contribution in [3.05, 3.63) is 17.5 Å². The maximum absolute atomic E-state index is 12.5. The molecular weight excluding hydrogens is 342 g/mol. The molecule has 0 radical (unpaired) electrons. The van der Waals surface area contributed by atoms with E-state index in [1.54, 1.807) is 29.7 Å². The number of thioether (sulfide) groups is 1. The number of likely N-dealkylation sites (tertiary alicyclic amines) is 1. The molecule has 2 N–H and O–H groups in total. The molecule has 0 aromatic carbocycles. The molecule has 1 saturated heterocycles. The van der Waals surface area contributed by atoms with Crippen LogP contribution in [0.4, 0.5) is 0 Å². The van der Waals surface area contributed by atoms with Crippen LogP contribution in [-0.2, 0) is 16.6 Å². The van der Waals surface area contributed by atoms with Gasteiger partial charge < -0.3 is 15.5 Å². The third-order valence-electron chi connectivity index (χ3n) is 4.14. The Morgan fingerprint density at radius 3 is 2.68 bits per heavy atom. The number of nitrogens with one attached hydrogen (secondary N) is 2. The smallest absolute Gasteiger partial charge is 0.255 e. The number of carbonyl (C=O) groups excluding carboxylic acids is 3. The van der Waals surface area contributed by atoms with Gasteiger partial charge in [-0.3, -0.25) is 19.1 Å². The van der Waals surface area contributed by atoms with E-state index in [1.165, 1.54) is 11.8 Å². The number of nitrogens with zero attached hydrogens (tertiary/aromatic N) is 3. The van der Waals surface area contributed by atoms with Crippen LogP contribution in [0.5, 0.6) is 0 Å². The topological polar surface area (TPSA) is 96.3 Å². The molecule has 1 aromatic rings. The van der Waals surface area contributed by atoms with Crippen molar-refractivity contribution in [1.29, 1.82) is 0 Å². The Kier molecular flexibility index (Phi) is 6.46. The van der Waals surface area contributed by atoms with Crippen molar-refractivity contribution in [2.75, 3.05) is 25.1 Å². The van der Waals surface area contributed by atoms with E-state index in [9.17, 15) is 14.4 Å². The summed E-state index contributed by atoms with van der Waals surface area (Å²) in [7, 11) is 1.76. The van der Waals surface area contributed by atoms with Crippen LogP contribution in [0.15, 0.2) is 6.20 Å². The van der Waals surface area contributed by atoms with E-state index >= 15 is 0 Å². The fraction of sp³-hybridized carbons (Fsp3) is 0.625. The molecule has 0 unspecified atom stereocenters. The van der Waals surface area contributed by atoms with Gasteiger partial charge in [0.1, 0.15) is 6.04 Å². The second-order valence-electron chi connectivity index (χ2n) is 6.10. The summed E-state index contributed by atoms with van der Waals surface area (Å²) in [6.45, 7) is 4.46. The van der Waals surface area contributed by atoms with Crippen molar-refractivity contribution in [2.24, 2.45) is 7.05 Å². The Morgan fingerprint density at radius 2 is 2.12 bits per heavy atom.